The lowest BCUT2D eigenvalue weighted by atomic mass is 9.96. The number of thiophene rings is 1. The van der Waals surface area contributed by atoms with Gasteiger partial charge in [-0.2, -0.15) is 0 Å². The number of aryl methyl sites for hydroxylation is 1. The highest BCUT2D eigenvalue weighted by Crippen LogP contribution is 2.23. The summed E-state index contributed by atoms with van der Waals surface area (Å²) >= 11 is 1.47. The van der Waals surface area contributed by atoms with Gasteiger partial charge in [0.25, 0.3) is 5.91 Å². The number of benzene rings is 1. The Bertz CT molecular complexity index is 639. The molecule has 1 fully saturated rings. The Balaban J connectivity index is 1.64. The molecular weight excluding hydrogens is 304 g/mol. The van der Waals surface area contributed by atoms with Crippen LogP contribution in [0, 0.1) is 0 Å². The van der Waals surface area contributed by atoms with E-state index in [9.17, 15) is 4.79 Å². The second-order valence-corrected chi connectivity index (χ2v) is 7.21. The third-order valence-corrected chi connectivity index (χ3v) is 5.55. The van der Waals surface area contributed by atoms with E-state index in [0.717, 1.165) is 23.4 Å². The number of hydrogen-bond donors (Lipinski definition) is 1. The summed E-state index contributed by atoms with van der Waals surface area (Å²) in [4.78, 5) is 15.5. The van der Waals surface area contributed by atoms with Crippen molar-refractivity contribution in [3.05, 3.63) is 52.2 Å². The van der Waals surface area contributed by atoms with Crippen LogP contribution in [0.1, 0.15) is 40.9 Å². The zero-order valence-electron chi connectivity index (χ0n) is 13.6. The number of para-hydroxylation sites is 1. The van der Waals surface area contributed by atoms with E-state index in [4.69, 9.17) is 0 Å². The molecule has 2 heterocycles. The first-order valence-electron chi connectivity index (χ1n) is 8.37. The van der Waals surface area contributed by atoms with Crippen LogP contribution in [0.25, 0.3) is 0 Å². The van der Waals surface area contributed by atoms with Crippen LogP contribution >= 0.6 is 11.3 Å². The molecule has 0 saturated carbocycles. The molecule has 1 atom stereocenters. The molecule has 1 N–H and O–H groups in total. The minimum atomic E-state index is -0.0118. The van der Waals surface area contributed by atoms with Crippen LogP contribution in [-0.4, -0.2) is 30.4 Å². The zero-order valence-corrected chi connectivity index (χ0v) is 14.4. The lowest BCUT2D eigenvalue weighted by Crippen LogP contribution is -2.36. The predicted molar refractivity (Wildman–Crippen MR) is 97.3 cm³/mol. The number of nitrogens with zero attached hydrogens (tertiary/aromatic N) is 1. The number of piperidine rings is 1. The van der Waals surface area contributed by atoms with Crippen molar-refractivity contribution in [1.29, 1.82) is 0 Å². The number of carbonyl (C=O) groups is 1. The van der Waals surface area contributed by atoms with Crippen molar-refractivity contribution in [3.8, 4) is 0 Å². The highest BCUT2D eigenvalue weighted by Gasteiger charge is 2.19. The Labute approximate surface area is 142 Å². The van der Waals surface area contributed by atoms with Gasteiger partial charge in [-0.3, -0.25) is 4.79 Å². The standard InChI is InChI=1S/C19H24N2OS/c1-21-13-5-4-8-16(21)12-11-15-7-2-3-9-17(15)20-19(22)18-10-6-14-23-18/h2-3,6-7,9-10,14,16H,4-5,8,11-13H2,1H3,(H,20,22). The first kappa shape index (κ1) is 16.2. The van der Waals surface area contributed by atoms with Gasteiger partial charge in [0.2, 0.25) is 0 Å². The van der Waals surface area contributed by atoms with Crippen molar-refractivity contribution in [3.63, 3.8) is 0 Å². The van der Waals surface area contributed by atoms with E-state index >= 15 is 0 Å². The third-order valence-electron chi connectivity index (χ3n) is 4.68. The quantitative estimate of drug-likeness (QED) is 0.881. The summed E-state index contributed by atoms with van der Waals surface area (Å²) < 4.78 is 0. The molecule has 3 nitrogen and oxygen atoms in total. The van der Waals surface area contributed by atoms with Gasteiger partial charge in [0, 0.05) is 11.7 Å². The van der Waals surface area contributed by atoms with Gasteiger partial charge in [0.15, 0.2) is 0 Å². The van der Waals surface area contributed by atoms with Gasteiger partial charge in [-0.15, -0.1) is 11.3 Å². The van der Waals surface area contributed by atoms with Crippen molar-refractivity contribution in [2.75, 3.05) is 18.9 Å². The Morgan fingerprint density at radius 1 is 1.26 bits per heavy atom. The molecule has 1 aromatic heterocycles. The fraction of sp³-hybridized carbons (Fsp3) is 0.421. The van der Waals surface area contributed by atoms with Crippen molar-refractivity contribution < 1.29 is 4.79 Å². The summed E-state index contributed by atoms with van der Waals surface area (Å²) in [6.45, 7) is 1.21. The third kappa shape index (κ3) is 4.21. The molecule has 0 bridgehead atoms. The van der Waals surface area contributed by atoms with E-state index in [2.05, 4.69) is 29.4 Å². The van der Waals surface area contributed by atoms with Crippen molar-refractivity contribution in [2.45, 2.75) is 38.1 Å². The highest BCUT2D eigenvalue weighted by atomic mass is 32.1. The summed E-state index contributed by atoms with van der Waals surface area (Å²) in [5.41, 5.74) is 2.18. The molecule has 0 spiro atoms. The first-order valence-corrected chi connectivity index (χ1v) is 9.25. The van der Waals surface area contributed by atoms with Crippen LogP contribution in [0.2, 0.25) is 0 Å². The van der Waals surface area contributed by atoms with Crippen LogP contribution in [0.3, 0.4) is 0 Å². The second kappa shape index (κ2) is 7.75. The van der Waals surface area contributed by atoms with Crippen LogP contribution in [0.15, 0.2) is 41.8 Å². The molecule has 1 aromatic carbocycles. The van der Waals surface area contributed by atoms with Crippen molar-refractivity contribution >= 4 is 22.9 Å². The maximum atomic E-state index is 12.3. The molecule has 4 heteroatoms. The normalized spacial score (nSPS) is 18.7. The molecule has 1 unspecified atom stereocenters. The molecule has 1 amide bonds. The monoisotopic (exact) mass is 328 g/mol. The van der Waals surface area contributed by atoms with E-state index < -0.39 is 0 Å². The molecule has 3 rings (SSSR count). The van der Waals surface area contributed by atoms with Gasteiger partial charge in [-0.25, -0.2) is 0 Å². The SMILES string of the molecule is CN1CCCCC1CCc1ccccc1NC(=O)c1cccs1. The van der Waals surface area contributed by atoms with E-state index in [1.54, 1.807) is 0 Å². The van der Waals surface area contributed by atoms with E-state index in [0.29, 0.717) is 6.04 Å². The molecule has 0 aliphatic carbocycles. The summed E-state index contributed by atoms with van der Waals surface area (Å²) in [5.74, 6) is -0.0118. The second-order valence-electron chi connectivity index (χ2n) is 6.26. The Morgan fingerprint density at radius 3 is 2.91 bits per heavy atom. The van der Waals surface area contributed by atoms with Crippen LogP contribution in [-0.2, 0) is 6.42 Å². The lowest BCUT2D eigenvalue weighted by molar-refractivity contribution is 0.103. The number of amides is 1. The zero-order chi connectivity index (χ0) is 16.1. The topological polar surface area (TPSA) is 32.3 Å². The van der Waals surface area contributed by atoms with E-state index in [1.807, 2.05) is 29.6 Å². The average molecular weight is 328 g/mol. The summed E-state index contributed by atoms with van der Waals surface area (Å²) in [7, 11) is 2.23. The van der Waals surface area contributed by atoms with E-state index in [-0.39, 0.29) is 5.91 Å². The van der Waals surface area contributed by atoms with E-state index in [1.165, 1.54) is 42.7 Å². The Hall–Kier alpha value is -1.65. The molecule has 2 aromatic rings. The smallest absolute Gasteiger partial charge is 0.265 e. The van der Waals surface area contributed by atoms with Gasteiger partial charge < -0.3 is 10.2 Å². The lowest BCUT2D eigenvalue weighted by Gasteiger charge is -2.32. The van der Waals surface area contributed by atoms with Gasteiger partial charge in [0.1, 0.15) is 0 Å². The summed E-state index contributed by atoms with van der Waals surface area (Å²) in [6, 6.07) is 12.6. The van der Waals surface area contributed by atoms with Gasteiger partial charge in [-0.1, -0.05) is 30.7 Å². The molecule has 0 radical (unpaired) electrons. The largest absolute Gasteiger partial charge is 0.321 e. The van der Waals surface area contributed by atoms with Crippen molar-refractivity contribution in [2.24, 2.45) is 0 Å². The molecule has 1 aliphatic heterocycles. The van der Waals surface area contributed by atoms with Gasteiger partial charge >= 0.3 is 0 Å². The predicted octanol–water partition coefficient (Wildman–Crippen LogP) is 4.42. The number of rotatable bonds is 5. The average Bonchev–Trinajstić information content (AvgIpc) is 3.10. The van der Waals surface area contributed by atoms with Gasteiger partial charge in [0.05, 0.1) is 4.88 Å². The molecule has 122 valence electrons. The Kier molecular flexibility index (Phi) is 5.47. The maximum absolute atomic E-state index is 12.3. The van der Waals surface area contributed by atoms with Crippen LogP contribution < -0.4 is 5.32 Å². The number of carbonyl (C=O) groups excluding carboxylic acids is 1. The van der Waals surface area contributed by atoms with Crippen LogP contribution in [0.4, 0.5) is 5.69 Å². The van der Waals surface area contributed by atoms with Crippen molar-refractivity contribution in [1.82, 2.24) is 4.90 Å². The number of anilines is 1. The van der Waals surface area contributed by atoms with Crippen LogP contribution in [0.5, 0.6) is 0 Å². The first-order chi connectivity index (χ1) is 11.2. The maximum Gasteiger partial charge on any atom is 0.265 e. The fourth-order valence-corrected chi connectivity index (χ4v) is 3.90. The molecule has 1 aliphatic rings. The highest BCUT2D eigenvalue weighted by molar-refractivity contribution is 7.12. The molecule has 23 heavy (non-hydrogen) atoms. The molecular formula is C19H24N2OS. The summed E-state index contributed by atoms with van der Waals surface area (Å²) in [6.07, 6.45) is 6.12. The molecule has 1 saturated heterocycles. The Morgan fingerprint density at radius 2 is 2.13 bits per heavy atom. The number of nitrogens with one attached hydrogen (secondary N) is 1. The fourth-order valence-electron chi connectivity index (χ4n) is 3.28. The minimum Gasteiger partial charge on any atom is -0.321 e. The number of likely N-dealkylation sites (tertiary alicyclic amines) is 1. The number of hydrogen-bond acceptors (Lipinski definition) is 3. The minimum absolute atomic E-state index is 0.0118. The summed E-state index contributed by atoms with van der Waals surface area (Å²) in [5, 5.41) is 5.00. The van der Waals surface area contributed by atoms with Gasteiger partial charge in [-0.05, 0) is 62.4 Å².